The highest BCUT2D eigenvalue weighted by molar-refractivity contribution is 5.90. The number of carbonyl (C=O) groups excluding carboxylic acids is 1. The number of aliphatic hydroxyl groups excluding tert-OH is 1. The van der Waals surface area contributed by atoms with Crippen molar-refractivity contribution in [3.05, 3.63) is 164 Å². The summed E-state index contributed by atoms with van der Waals surface area (Å²) in [6, 6.07) is 29.3. The number of nitriles is 3. The van der Waals surface area contributed by atoms with Crippen molar-refractivity contribution in [2.24, 2.45) is 16.4 Å². The van der Waals surface area contributed by atoms with E-state index in [0.29, 0.717) is 42.0 Å². The van der Waals surface area contributed by atoms with Crippen molar-refractivity contribution in [2.75, 3.05) is 23.4 Å². The Bertz CT molecular complexity index is 2700. The molecule has 2 heterocycles. The van der Waals surface area contributed by atoms with Crippen molar-refractivity contribution in [3.63, 3.8) is 0 Å². The van der Waals surface area contributed by atoms with Crippen LogP contribution in [0.25, 0.3) is 10.4 Å². The number of rotatable bonds is 16. The van der Waals surface area contributed by atoms with Gasteiger partial charge in [0, 0.05) is 58.2 Å². The molecule has 344 valence electrons. The second-order valence-electron chi connectivity index (χ2n) is 19.3. The minimum atomic E-state index is -0.981. The van der Waals surface area contributed by atoms with E-state index in [0.717, 1.165) is 66.8 Å². The number of hydrogen-bond acceptors (Lipinski definition) is 9. The summed E-state index contributed by atoms with van der Waals surface area (Å²) < 4.78 is 13.1. The number of nitrogens with one attached hydrogen (secondary N) is 1. The lowest BCUT2D eigenvalue weighted by atomic mass is 9.70. The summed E-state index contributed by atoms with van der Waals surface area (Å²) in [7, 11) is 0. The Morgan fingerprint density at radius 3 is 2.33 bits per heavy atom. The van der Waals surface area contributed by atoms with Crippen LogP contribution in [0.15, 0.2) is 147 Å². The topological polar surface area (TPSA) is 191 Å². The number of anilines is 2. The van der Waals surface area contributed by atoms with Crippen LogP contribution in [0.2, 0.25) is 0 Å². The van der Waals surface area contributed by atoms with Gasteiger partial charge in [-0.1, -0.05) is 107 Å². The van der Waals surface area contributed by atoms with Crippen molar-refractivity contribution in [1.82, 2.24) is 0 Å². The van der Waals surface area contributed by atoms with Gasteiger partial charge >= 0.3 is 0 Å². The molecule has 67 heavy (non-hydrogen) atoms. The van der Waals surface area contributed by atoms with Crippen molar-refractivity contribution in [3.8, 4) is 24.0 Å². The molecule has 1 unspecified atom stereocenters. The molecule has 1 aliphatic carbocycles. The molecule has 2 N–H and O–H groups in total. The van der Waals surface area contributed by atoms with Gasteiger partial charge in [0.2, 0.25) is 5.91 Å². The molecule has 6 rings (SSSR count). The second kappa shape index (κ2) is 21.3. The summed E-state index contributed by atoms with van der Waals surface area (Å²) in [5, 5.41) is 45.7. The fourth-order valence-electron chi connectivity index (χ4n) is 9.00. The number of allylic oxidation sites excluding steroid dienone is 8. The molecule has 2 aliphatic heterocycles. The number of unbranched alkanes of at least 4 members (excludes halogenated alkanes) is 2. The van der Waals surface area contributed by atoms with Gasteiger partial charge in [-0.05, 0) is 128 Å². The Balaban J connectivity index is 1.36. The average molecular weight is 897 g/mol. The normalized spacial score (nSPS) is 18.6. The number of aryl methyl sites for hydroxylation is 1. The minimum absolute atomic E-state index is 0.00505. The highest BCUT2D eigenvalue weighted by Gasteiger charge is 2.41. The van der Waals surface area contributed by atoms with Crippen LogP contribution in [0.1, 0.15) is 105 Å². The first kappa shape index (κ1) is 49.2. The zero-order chi connectivity index (χ0) is 48.4. The van der Waals surface area contributed by atoms with Gasteiger partial charge in [0.1, 0.15) is 40.9 Å². The number of aliphatic hydroxyl groups is 1. The average Bonchev–Trinajstić information content (AvgIpc) is 3.68. The van der Waals surface area contributed by atoms with Crippen LogP contribution >= 0.6 is 0 Å². The van der Waals surface area contributed by atoms with Crippen LogP contribution in [0.5, 0.6) is 5.75 Å². The molecule has 0 fully saturated rings. The third-order valence-corrected chi connectivity index (χ3v) is 12.9. The summed E-state index contributed by atoms with van der Waals surface area (Å²) in [4.78, 5) is 18.0. The SMILES string of the molecule is CC1(C)OC(=C(C#N)C#N)C(C#N)=C1C=CC1=C(Oc2ccc(CCCO)cc2)C(=CC=C2N(CCCCCC(=O)Nc3ccc(N=[N+]=[N-])cc3)c3ccccc3C2(C)C)CC(C(C)(C)C)C1. The van der Waals surface area contributed by atoms with Gasteiger partial charge in [0.05, 0.1) is 0 Å². The first-order valence-electron chi connectivity index (χ1n) is 23.0. The van der Waals surface area contributed by atoms with Crippen LogP contribution < -0.4 is 15.0 Å². The maximum absolute atomic E-state index is 12.8. The Labute approximate surface area is 395 Å². The highest BCUT2D eigenvalue weighted by Crippen LogP contribution is 2.49. The van der Waals surface area contributed by atoms with Gasteiger partial charge in [-0.15, -0.1) is 0 Å². The number of para-hydroxylation sites is 1. The van der Waals surface area contributed by atoms with Crippen LogP contribution in [0.3, 0.4) is 0 Å². The summed E-state index contributed by atoms with van der Waals surface area (Å²) in [6.07, 6.45) is 14.1. The molecule has 0 spiro atoms. The van der Waals surface area contributed by atoms with Crippen LogP contribution in [-0.2, 0) is 21.4 Å². The monoisotopic (exact) mass is 896 g/mol. The predicted octanol–water partition coefficient (Wildman–Crippen LogP) is 12.9. The summed E-state index contributed by atoms with van der Waals surface area (Å²) in [5.74, 6) is 1.55. The summed E-state index contributed by atoms with van der Waals surface area (Å²) in [5.41, 5.74) is 15.6. The van der Waals surface area contributed by atoms with E-state index in [-0.39, 0.29) is 46.2 Å². The van der Waals surface area contributed by atoms with Gasteiger partial charge < -0.3 is 24.8 Å². The number of carbonyl (C=O) groups is 1. The number of nitrogens with zero attached hydrogens (tertiary/aromatic N) is 7. The Morgan fingerprint density at radius 2 is 1.67 bits per heavy atom. The molecular weight excluding hydrogens is 837 g/mol. The van der Waals surface area contributed by atoms with E-state index >= 15 is 0 Å². The van der Waals surface area contributed by atoms with Gasteiger partial charge in [0.15, 0.2) is 11.3 Å². The molecule has 1 atom stereocenters. The fraction of sp³-hybridized carbons (Fsp3) is 0.382. The number of fused-ring (bicyclic) bond motifs is 1. The molecule has 0 radical (unpaired) electrons. The molecule has 12 heteroatoms. The first-order valence-corrected chi connectivity index (χ1v) is 23.0. The molecule has 3 aliphatic rings. The zero-order valence-corrected chi connectivity index (χ0v) is 39.7. The molecule has 3 aromatic carbocycles. The van der Waals surface area contributed by atoms with E-state index in [4.69, 9.17) is 15.0 Å². The lowest BCUT2D eigenvalue weighted by Crippen LogP contribution is -2.28. The molecule has 0 saturated carbocycles. The quantitative estimate of drug-likeness (QED) is 0.0466. The predicted molar refractivity (Wildman–Crippen MR) is 262 cm³/mol. The zero-order valence-electron chi connectivity index (χ0n) is 39.7. The number of benzene rings is 3. The van der Waals surface area contributed by atoms with E-state index in [1.807, 2.05) is 62.4 Å². The lowest BCUT2D eigenvalue weighted by Gasteiger charge is -2.36. The molecular formula is C55H60N8O4. The lowest BCUT2D eigenvalue weighted by molar-refractivity contribution is -0.116. The van der Waals surface area contributed by atoms with E-state index in [2.05, 4.69) is 97.3 Å². The summed E-state index contributed by atoms with van der Waals surface area (Å²) in [6.45, 7) is 15.8. The number of hydrogen-bond donors (Lipinski definition) is 2. The number of ether oxygens (including phenoxy) is 2. The smallest absolute Gasteiger partial charge is 0.224 e. The van der Waals surface area contributed by atoms with Crippen molar-refractivity contribution in [2.45, 2.75) is 111 Å². The van der Waals surface area contributed by atoms with E-state index in [1.54, 1.807) is 24.3 Å². The van der Waals surface area contributed by atoms with Crippen molar-refractivity contribution in [1.29, 1.82) is 15.8 Å². The Kier molecular flexibility index (Phi) is 15.7. The second-order valence-corrected chi connectivity index (χ2v) is 19.3. The highest BCUT2D eigenvalue weighted by atomic mass is 16.5. The van der Waals surface area contributed by atoms with Crippen molar-refractivity contribution >= 4 is 23.0 Å². The third kappa shape index (κ3) is 11.6. The molecule has 1 amide bonds. The largest absolute Gasteiger partial charge is 0.480 e. The fourth-order valence-corrected chi connectivity index (χ4v) is 9.00. The van der Waals surface area contributed by atoms with Crippen LogP contribution in [0.4, 0.5) is 17.1 Å². The van der Waals surface area contributed by atoms with Gasteiger partial charge in [-0.25, -0.2) is 0 Å². The molecule has 12 nitrogen and oxygen atoms in total. The third-order valence-electron chi connectivity index (χ3n) is 12.9. The maximum atomic E-state index is 12.8. The minimum Gasteiger partial charge on any atom is -0.480 e. The first-order chi connectivity index (χ1) is 32.0. The van der Waals surface area contributed by atoms with Crippen LogP contribution in [0, 0.1) is 45.3 Å². The number of azide groups is 1. The summed E-state index contributed by atoms with van der Waals surface area (Å²) >= 11 is 0. The molecule has 3 aromatic rings. The van der Waals surface area contributed by atoms with Crippen molar-refractivity contribution < 1.29 is 19.4 Å². The van der Waals surface area contributed by atoms with E-state index < -0.39 is 5.60 Å². The Hall–Kier alpha value is -7.29. The van der Waals surface area contributed by atoms with E-state index in [9.17, 15) is 25.7 Å². The van der Waals surface area contributed by atoms with Crippen LogP contribution in [-0.4, -0.2) is 29.8 Å². The Morgan fingerprint density at radius 1 is 0.955 bits per heavy atom. The molecule has 0 bridgehead atoms. The molecule has 0 aromatic heterocycles. The standard InChI is InChI=1S/C55H60N8O4/c1-53(2,3)41-32-38(20-28-46-45(36-58)52(40(34-56)35-57)67-55(46,6)7)51(66-44-26-18-37(19-27-44)14-13-31-64)39(33-41)21-29-49-54(4,5)47-15-10-11-16-48(47)63(49)30-12-8-9-17-50(65)60-42-22-24-43(25-23-42)61-62-59/h10-11,15-16,18-29,41,64H,8-9,12-14,17,30-33H2,1-7H3,(H,60,65). The van der Waals surface area contributed by atoms with Gasteiger partial charge in [0.25, 0.3) is 0 Å². The van der Waals surface area contributed by atoms with E-state index in [1.165, 1.54) is 11.3 Å². The molecule has 0 saturated heterocycles. The van der Waals surface area contributed by atoms with Gasteiger partial charge in [-0.3, -0.25) is 4.79 Å². The maximum Gasteiger partial charge on any atom is 0.224 e. The number of amides is 1. The van der Waals surface area contributed by atoms with Gasteiger partial charge in [-0.2, -0.15) is 15.8 Å².